The molecule has 1 amide bonds. The molecule has 3 aromatic heterocycles. The Morgan fingerprint density at radius 2 is 1.49 bits per heavy atom. The molecule has 0 bridgehead atoms. The number of piperidine rings is 1. The SMILES string of the molecule is CCc1nc2ccc(Cl)cn2c1C(=O)NCc1ccc(N2CCC(c3ccc(OC(F)(F)F)cc3)CC2)cc1.Clc1ccc(Oc2cccc(CNc3ncnc4ccccc34)c2)cc1. The fraction of sp³-hybridized carbons (Fsp3) is 0.200. The van der Waals surface area contributed by atoms with Crippen molar-refractivity contribution in [1.82, 2.24) is 24.7 Å². The number of nitrogens with one attached hydrogen (secondary N) is 2. The molecule has 10 nitrogen and oxygen atoms in total. The van der Waals surface area contributed by atoms with Gasteiger partial charge < -0.3 is 25.0 Å². The van der Waals surface area contributed by atoms with Crippen LogP contribution in [0.4, 0.5) is 24.7 Å². The summed E-state index contributed by atoms with van der Waals surface area (Å²) < 4.78 is 48.8. The molecular formula is C50H44Cl2F3N7O3. The van der Waals surface area contributed by atoms with Gasteiger partial charge in [-0.1, -0.05) is 78.7 Å². The molecule has 15 heteroatoms. The zero-order valence-corrected chi connectivity index (χ0v) is 36.7. The van der Waals surface area contributed by atoms with Gasteiger partial charge in [-0.3, -0.25) is 9.20 Å². The first-order valence-electron chi connectivity index (χ1n) is 21.1. The molecule has 8 aromatic rings. The van der Waals surface area contributed by atoms with Crippen LogP contribution in [0.1, 0.15) is 58.6 Å². The van der Waals surface area contributed by atoms with Gasteiger partial charge in [0.2, 0.25) is 0 Å². The second kappa shape index (κ2) is 20.3. The van der Waals surface area contributed by atoms with Crippen LogP contribution in [-0.2, 0) is 19.5 Å². The molecule has 1 saturated heterocycles. The normalized spacial score (nSPS) is 13.0. The molecule has 0 aliphatic carbocycles. The van der Waals surface area contributed by atoms with E-state index in [-0.39, 0.29) is 17.6 Å². The second-order valence-corrected chi connectivity index (χ2v) is 16.2. The minimum atomic E-state index is -4.68. The Labute approximate surface area is 384 Å². The van der Waals surface area contributed by atoms with Gasteiger partial charge in [0, 0.05) is 48.5 Å². The van der Waals surface area contributed by atoms with Gasteiger partial charge in [-0.25, -0.2) is 15.0 Å². The van der Waals surface area contributed by atoms with Crippen molar-refractivity contribution in [2.45, 2.75) is 51.6 Å². The number of fused-ring (bicyclic) bond motifs is 2. The molecule has 1 fully saturated rings. The number of hydrogen-bond donors (Lipinski definition) is 2. The average molecular weight is 919 g/mol. The van der Waals surface area contributed by atoms with Gasteiger partial charge in [0.1, 0.15) is 40.7 Å². The Bertz CT molecular complexity index is 2860. The number of pyridine rings is 1. The maximum absolute atomic E-state index is 13.0. The predicted molar refractivity (Wildman–Crippen MR) is 249 cm³/mol. The molecule has 2 N–H and O–H groups in total. The highest BCUT2D eigenvalue weighted by Crippen LogP contribution is 2.33. The molecule has 1 aliphatic heterocycles. The number of amides is 1. The van der Waals surface area contributed by atoms with E-state index in [0.29, 0.717) is 40.9 Å². The Balaban J connectivity index is 0.000000192. The highest BCUT2D eigenvalue weighted by molar-refractivity contribution is 6.30. The number of anilines is 2. The fourth-order valence-corrected chi connectivity index (χ4v) is 8.03. The lowest BCUT2D eigenvalue weighted by molar-refractivity contribution is -0.274. The maximum Gasteiger partial charge on any atom is 0.573 e. The zero-order valence-electron chi connectivity index (χ0n) is 35.2. The summed E-state index contributed by atoms with van der Waals surface area (Å²) in [7, 11) is 0. The molecule has 0 atom stereocenters. The quantitative estimate of drug-likeness (QED) is 0.125. The monoisotopic (exact) mass is 917 g/mol. The Hall–Kier alpha value is -6.83. The van der Waals surface area contributed by atoms with Gasteiger partial charge in [0.05, 0.1) is 16.2 Å². The summed E-state index contributed by atoms with van der Waals surface area (Å²) in [4.78, 5) is 28.5. The third kappa shape index (κ3) is 11.7. The maximum atomic E-state index is 13.0. The van der Waals surface area contributed by atoms with Crippen LogP contribution in [0.25, 0.3) is 16.6 Å². The lowest BCUT2D eigenvalue weighted by Crippen LogP contribution is -2.32. The number of aromatic nitrogens is 4. The number of para-hydroxylation sites is 1. The molecular weight excluding hydrogens is 874 g/mol. The first-order valence-corrected chi connectivity index (χ1v) is 21.8. The number of carbonyl (C=O) groups excluding carboxylic acids is 1. The van der Waals surface area contributed by atoms with Crippen LogP contribution in [0, 0.1) is 0 Å². The number of benzene rings is 5. The average Bonchev–Trinajstić information content (AvgIpc) is 3.69. The number of nitrogens with zero attached hydrogens (tertiary/aromatic N) is 5. The molecule has 5 aromatic carbocycles. The van der Waals surface area contributed by atoms with E-state index in [9.17, 15) is 18.0 Å². The highest BCUT2D eigenvalue weighted by atomic mass is 35.5. The molecule has 1 aliphatic rings. The number of rotatable bonds is 12. The first-order chi connectivity index (χ1) is 31.5. The largest absolute Gasteiger partial charge is 0.573 e. The topological polar surface area (TPSA) is 106 Å². The summed E-state index contributed by atoms with van der Waals surface area (Å²) in [5.41, 5.74) is 7.02. The van der Waals surface area contributed by atoms with Crippen molar-refractivity contribution in [2.75, 3.05) is 23.3 Å². The fourth-order valence-electron chi connectivity index (χ4n) is 7.75. The van der Waals surface area contributed by atoms with E-state index >= 15 is 0 Å². The van der Waals surface area contributed by atoms with Crippen LogP contribution >= 0.6 is 23.2 Å². The summed E-state index contributed by atoms with van der Waals surface area (Å²) in [6, 6.07) is 41.1. The molecule has 0 radical (unpaired) electrons. The van der Waals surface area contributed by atoms with Gasteiger partial charge >= 0.3 is 6.36 Å². The molecule has 65 heavy (non-hydrogen) atoms. The van der Waals surface area contributed by atoms with Crippen molar-refractivity contribution in [3.63, 3.8) is 0 Å². The van der Waals surface area contributed by atoms with Crippen molar-refractivity contribution >= 4 is 57.2 Å². The number of halogens is 5. The van der Waals surface area contributed by atoms with E-state index in [1.165, 1.54) is 12.1 Å². The molecule has 0 unspecified atom stereocenters. The minimum absolute atomic E-state index is 0.200. The van der Waals surface area contributed by atoms with E-state index in [0.717, 1.165) is 82.2 Å². The third-order valence-electron chi connectivity index (χ3n) is 11.0. The van der Waals surface area contributed by atoms with Gasteiger partial charge in [-0.15, -0.1) is 13.2 Å². The van der Waals surface area contributed by atoms with Crippen molar-refractivity contribution in [1.29, 1.82) is 0 Å². The van der Waals surface area contributed by atoms with Crippen LogP contribution < -0.4 is 25.0 Å². The lowest BCUT2D eigenvalue weighted by Gasteiger charge is -2.34. The molecule has 0 saturated carbocycles. The van der Waals surface area contributed by atoms with Crippen molar-refractivity contribution in [3.05, 3.63) is 184 Å². The van der Waals surface area contributed by atoms with Gasteiger partial charge in [0.15, 0.2) is 0 Å². The molecule has 332 valence electrons. The lowest BCUT2D eigenvalue weighted by atomic mass is 9.89. The van der Waals surface area contributed by atoms with Crippen LogP contribution in [0.3, 0.4) is 0 Å². The number of hydrogen-bond acceptors (Lipinski definition) is 8. The Morgan fingerprint density at radius 1 is 0.769 bits per heavy atom. The Morgan fingerprint density at radius 3 is 2.23 bits per heavy atom. The van der Waals surface area contributed by atoms with E-state index in [1.54, 1.807) is 41.2 Å². The van der Waals surface area contributed by atoms with Crippen LogP contribution in [-0.4, -0.2) is 44.7 Å². The van der Waals surface area contributed by atoms with Crippen molar-refractivity contribution in [2.24, 2.45) is 0 Å². The number of aryl methyl sites for hydroxylation is 1. The molecule has 9 rings (SSSR count). The summed E-state index contributed by atoms with van der Waals surface area (Å²) in [5.74, 6) is 2.23. The Kier molecular flexibility index (Phi) is 14.0. The summed E-state index contributed by atoms with van der Waals surface area (Å²) in [6.45, 7) is 4.67. The van der Waals surface area contributed by atoms with Crippen LogP contribution in [0.5, 0.6) is 17.2 Å². The van der Waals surface area contributed by atoms with E-state index in [2.05, 4.69) is 47.4 Å². The number of ether oxygens (including phenoxy) is 2. The van der Waals surface area contributed by atoms with Crippen molar-refractivity contribution in [3.8, 4) is 17.2 Å². The highest BCUT2D eigenvalue weighted by Gasteiger charge is 2.31. The standard InChI is InChI=1S/C29H28ClF3N4O2.C21H16ClN3O/c1-2-25-27(37-18-22(30)7-12-26(37)35-25)28(38)34-17-19-3-8-23(9-4-19)36-15-13-21(14-16-36)20-5-10-24(11-6-20)39-29(31,32)33;22-16-8-10-17(11-9-16)26-18-5-3-4-15(12-18)13-23-21-19-6-1-2-7-20(19)24-14-25-21/h3-12,18,21H,2,13-17H2,1H3,(H,34,38);1-12,14H,13H2,(H,23,24,25). The van der Waals surface area contributed by atoms with E-state index in [4.69, 9.17) is 27.9 Å². The number of imidazole rings is 1. The second-order valence-electron chi connectivity index (χ2n) is 15.4. The third-order valence-corrected chi connectivity index (χ3v) is 11.5. The van der Waals surface area contributed by atoms with Crippen LogP contribution in [0.15, 0.2) is 146 Å². The molecule has 4 heterocycles. The van der Waals surface area contributed by atoms with Crippen LogP contribution in [0.2, 0.25) is 10.0 Å². The number of alkyl halides is 3. The minimum Gasteiger partial charge on any atom is -0.457 e. The van der Waals surface area contributed by atoms with Gasteiger partial charge in [-0.2, -0.15) is 0 Å². The first kappa shape index (κ1) is 44.8. The van der Waals surface area contributed by atoms with E-state index < -0.39 is 6.36 Å². The van der Waals surface area contributed by atoms with Gasteiger partial charge in [-0.05, 0) is 127 Å². The van der Waals surface area contributed by atoms with Gasteiger partial charge in [0.25, 0.3) is 5.91 Å². The summed E-state index contributed by atoms with van der Waals surface area (Å²) in [6.07, 6.45) is 1.03. The summed E-state index contributed by atoms with van der Waals surface area (Å²) >= 11 is 12.0. The summed E-state index contributed by atoms with van der Waals surface area (Å²) in [5, 5.41) is 8.60. The smallest absolute Gasteiger partial charge is 0.457 e. The number of carbonyl (C=O) groups is 1. The van der Waals surface area contributed by atoms with E-state index in [1.807, 2.05) is 91.9 Å². The molecule has 0 spiro atoms. The van der Waals surface area contributed by atoms with Crippen molar-refractivity contribution < 1.29 is 27.4 Å². The predicted octanol–water partition coefficient (Wildman–Crippen LogP) is 12.5. The zero-order chi connectivity index (χ0) is 45.3.